The molecule has 0 bridgehead atoms. The molecule has 150 valence electrons. The normalized spacial score (nSPS) is 10.7. The van der Waals surface area contributed by atoms with Gasteiger partial charge in [-0.15, -0.1) is 0 Å². The quantitative estimate of drug-likeness (QED) is 0.291. The van der Waals surface area contributed by atoms with E-state index >= 15 is 0 Å². The molecule has 0 aliphatic carbocycles. The van der Waals surface area contributed by atoms with E-state index in [1.54, 1.807) is 30.3 Å². The van der Waals surface area contributed by atoms with Crippen molar-refractivity contribution < 1.29 is 18.7 Å². The van der Waals surface area contributed by atoms with Crippen molar-refractivity contribution in [1.29, 1.82) is 0 Å². The van der Waals surface area contributed by atoms with Gasteiger partial charge >= 0.3 is 5.97 Å². The largest absolute Gasteiger partial charge is 0.460 e. The van der Waals surface area contributed by atoms with E-state index in [4.69, 9.17) is 25.5 Å². The highest BCUT2D eigenvalue weighted by Gasteiger charge is 2.14. The number of benzene rings is 3. The molecule has 0 saturated carbocycles. The number of rotatable bonds is 5. The molecule has 3 aromatic carbocycles. The van der Waals surface area contributed by atoms with Crippen LogP contribution in [0.25, 0.3) is 11.0 Å². The minimum atomic E-state index is -0.560. The Morgan fingerprint density at radius 2 is 1.83 bits per heavy atom. The third kappa shape index (κ3) is 4.07. The van der Waals surface area contributed by atoms with Crippen LogP contribution in [0.1, 0.15) is 22.8 Å². The van der Waals surface area contributed by atoms with Crippen molar-refractivity contribution in [3.63, 3.8) is 0 Å². The zero-order valence-corrected chi connectivity index (χ0v) is 16.8. The molecule has 0 fully saturated rings. The Balaban J connectivity index is 1.61. The second-order valence-electron chi connectivity index (χ2n) is 6.55. The van der Waals surface area contributed by atoms with Gasteiger partial charge in [0, 0.05) is 11.1 Å². The van der Waals surface area contributed by atoms with Crippen LogP contribution in [0.15, 0.2) is 82.2 Å². The van der Waals surface area contributed by atoms with Crippen molar-refractivity contribution >= 4 is 28.5 Å². The minimum absolute atomic E-state index is 0.0899. The first-order valence-corrected chi connectivity index (χ1v) is 9.72. The van der Waals surface area contributed by atoms with Gasteiger partial charge < -0.3 is 13.9 Å². The monoisotopic (exact) mass is 420 g/mol. The minimum Gasteiger partial charge on any atom is -0.460 e. The Morgan fingerprint density at radius 1 is 1.00 bits per heavy atom. The van der Waals surface area contributed by atoms with Gasteiger partial charge in [0.25, 0.3) is 0 Å². The van der Waals surface area contributed by atoms with E-state index in [1.165, 1.54) is 24.5 Å². The lowest BCUT2D eigenvalue weighted by Gasteiger charge is -2.10. The number of aryl methyl sites for hydroxylation is 1. The summed E-state index contributed by atoms with van der Waals surface area (Å²) in [5, 5.41) is 0.759. The van der Waals surface area contributed by atoms with Gasteiger partial charge in [0.2, 0.25) is 11.2 Å². The van der Waals surface area contributed by atoms with Crippen LogP contribution < -0.4 is 14.9 Å². The summed E-state index contributed by atoms with van der Waals surface area (Å²) >= 11 is 5.91. The highest BCUT2D eigenvalue weighted by molar-refractivity contribution is 6.30. The van der Waals surface area contributed by atoms with Gasteiger partial charge in [0.1, 0.15) is 23.3 Å². The summed E-state index contributed by atoms with van der Waals surface area (Å²) in [5.41, 5.74) is 1.28. The van der Waals surface area contributed by atoms with Crippen LogP contribution in [-0.2, 0) is 6.42 Å². The molecule has 0 unspecified atom stereocenters. The number of hydrogen-bond acceptors (Lipinski definition) is 5. The molecule has 4 aromatic rings. The fourth-order valence-corrected chi connectivity index (χ4v) is 3.21. The summed E-state index contributed by atoms with van der Waals surface area (Å²) < 4.78 is 16.7. The van der Waals surface area contributed by atoms with E-state index < -0.39 is 5.97 Å². The molecule has 5 nitrogen and oxygen atoms in total. The zero-order chi connectivity index (χ0) is 21.1. The number of para-hydroxylation sites is 1. The maximum absolute atomic E-state index is 12.8. The molecule has 1 heterocycles. The molecule has 0 amide bonds. The van der Waals surface area contributed by atoms with Crippen LogP contribution in [0.2, 0.25) is 5.02 Å². The lowest BCUT2D eigenvalue weighted by Crippen LogP contribution is -2.09. The fraction of sp³-hybridized carbons (Fsp3) is 0.0833. The number of esters is 1. The van der Waals surface area contributed by atoms with Crippen LogP contribution in [0.3, 0.4) is 0 Å². The molecule has 6 heteroatoms. The van der Waals surface area contributed by atoms with Gasteiger partial charge in [0.05, 0.1) is 10.9 Å². The topological polar surface area (TPSA) is 65.7 Å². The van der Waals surface area contributed by atoms with E-state index in [0.717, 1.165) is 12.0 Å². The molecular weight excluding hydrogens is 404 g/mol. The van der Waals surface area contributed by atoms with Crippen molar-refractivity contribution in [1.82, 2.24) is 0 Å². The predicted octanol–water partition coefficient (Wildman–Crippen LogP) is 6.02. The van der Waals surface area contributed by atoms with Gasteiger partial charge in [-0.2, -0.15) is 0 Å². The second kappa shape index (κ2) is 8.43. The maximum atomic E-state index is 12.8. The Morgan fingerprint density at radius 3 is 2.63 bits per heavy atom. The van der Waals surface area contributed by atoms with Crippen molar-refractivity contribution in [2.75, 3.05) is 0 Å². The van der Waals surface area contributed by atoms with Crippen molar-refractivity contribution in [2.24, 2.45) is 0 Å². The highest BCUT2D eigenvalue weighted by Crippen LogP contribution is 2.27. The molecule has 0 radical (unpaired) electrons. The number of hydrogen-bond donors (Lipinski definition) is 0. The van der Waals surface area contributed by atoms with Gasteiger partial charge in [-0.1, -0.05) is 42.8 Å². The molecule has 0 aliphatic heterocycles. The Bertz CT molecular complexity index is 1290. The van der Waals surface area contributed by atoms with Gasteiger partial charge in [0.15, 0.2) is 0 Å². The van der Waals surface area contributed by atoms with Crippen molar-refractivity contribution in [3.05, 3.63) is 99.4 Å². The number of ether oxygens (including phenoxy) is 2. The fourth-order valence-electron chi connectivity index (χ4n) is 3.02. The molecule has 30 heavy (non-hydrogen) atoms. The number of fused-ring (bicyclic) bond motifs is 1. The second-order valence-corrected chi connectivity index (χ2v) is 6.99. The smallest absolute Gasteiger partial charge is 0.343 e. The summed E-state index contributed by atoms with van der Waals surface area (Å²) in [6.45, 7) is 2.01. The molecule has 0 spiro atoms. The maximum Gasteiger partial charge on any atom is 0.343 e. The molecule has 0 N–H and O–H groups in total. The van der Waals surface area contributed by atoms with Crippen molar-refractivity contribution in [3.8, 4) is 17.2 Å². The summed E-state index contributed by atoms with van der Waals surface area (Å²) in [5.74, 6) is 0.390. The van der Waals surface area contributed by atoms with Crippen LogP contribution in [0.5, 0.6) is 17.2 Å². The first kappa shape index (κ1) is 19.7. The van der Waals surface area contributed by atoms with E-state index in [2.05, 4.69) is 0 Å². The van der Waals surface area contributed by atoms with E-state index in [0.29, 0.717) is 21.7 Å². The Hall–Kier alpha value is -3.57. The zero-order valence-electron chi connectivity index (χ0n) is 16.1. The van der Waals surface area contributed by atoms with Gasteiger partial charge in [-0.25, -0.2) is 4.79 Å². The summed E-state index contributed by atoms with van der Waals surface area (Å²) in [6, 6.07) is 18.5. The van der Waals surface area contributed by atoms with Gasteiger partial charge in [-0.3, -0.25) is 4.79 Å². The predicted molar refractivity (Wildman–Crippen MR) is 115 cm³/mol. The van der Waals surface area contributed by atoms with E-state index in [-0.39, 0.29) is 22.5 Å². The molecule has 4 rings (SSSR count). The van der Waals surface area contributed by atoms with Crippen molar-refractivity contribution in [2.45, 2.75) is 13.3 Å². The standard InChI is InChI=1S/C24H17ClO5/c1-2-15-6-3-4-9-20(15)30-22-14-28-21-13-18(10-11-19(21)23(22)26)29-24(27)16-7-5-8-17(25)12-16/h3-14H,2H2,1H3. The third-order valence-corrected chi connectivity index (χ3v) is 4.79. The summed E-state index contributed by atoms with van der Waals surface area (Å²) in [7, 11) is 0. The Kier molecular flexibility index (Phi) is 5.55. The van der Waals surface area contributed by atoms with Crippen LogP contribution in [0.4, 0.5) is 0 Å². The van der Waals surface area contributed by atoms with Crippen LogP contribution in [-0.4, -0.2) is 5.97 Å². The highest BCUT2D eigenvalue weighted by atomic mass is 35.5. The molecule has 0 saturated heterocycles. The SMILES string of the molecule is CCc1ccccc1Oc1coc2cc(OC(=O)c3cccc(Cl)c3)ccc2c1=O. The molecular formula is C24H17ClO5. The number of carbonyl (C=O) groups is 1. The summed E-state index contributed by atoms with van der Waals surface area (Å²) in [4.78, 5) is 25.1. The van der Waals surface area contributed by atoms with E-state index in [1.807, 2.05) is 25.1 Å². The first-order chi connectivity index (χ1) is 14.5. The summed E-state index contributed by atoms with van der Waals surface area (Å²) in [6.07, 6.45) is 2.04. The molecule has 1 aromatic heterocycles. The van der Waals surface area contributed by atoms with Crippen LogP contribution >= 0.6 is 11.6 Å². The first-order valence-electron chi connectivity index (χ1n) is 9.34. The number of carbonyl (C=O) groups excluding carboxylic acids is 1. The lowest BCUT2D eigenvalue weighted by atomic mass is 10.1. The van der Waals surface area contributed by atoms with E-state index in [9.17, 15) is 9.59 Å². The van der Waals surface area contributed by atoms with Gasteiger partial charge in [-0.05, 0) is 48.4 Å². The Labute approximate surface area is 177 Å². The molecule has 0 atom stereocenters. The lowest BCUT2D eigenvalue weighted by molar-refractivity contribution is 0.0735. The average molecular weight is 421 g/mol. The number of halogens is 1. The van der Waals surface area contributed by atoms with Crippen LogP contribution in [0, 0.1) is 0 Å². The third-order valence-electron chi connectivity index (χ3n) is 4.56. The average Bonchev–Trinajstić information content (AvgIpc) is 2.76. The molecule has 0 aliphatic rings.